The Balaban J connectivity index is 2.55. The van der Waals surface area contributed by atoms with E-state index in [9.17, 15) is 13.2 Å². The highest BCUT2D eigenvalue weighted by Gasteiger charge is 2.19. The summed E-state index contributed by atoms with van der Waals surface area (Å²) in [4.78, 5) is 15.5. The second-order valence-electron chi connectivity index (χ2n) is 5.89. The first-order valence-corrected chi connectivity index (χ1v) is 8.73. The molecule has 1 aromatic heterocycles. The number of nitrogens with one attached hydrogen (secondary N) is 1. The van der Waals surface area contributed by atoms with Gasteiger partial charge in [-0.3, -0.25) is 4.98 Å². The fraction of sp³-hybridized carbons (Fsp3) is 0.571. The fourth-order valence-corrected chi connectivity index (χ4v) is 2.46. The molecule has 0 radical (unpaired) electrons. The average Bonchev–Trinajstić information content (AvgIpc) is 2.35. The molecule has 1 rings (SSSR count). The number of amides is 1. The van der Waals surface area contributed by atoms with Crippen LogP contribution in [0.25, 0.3) is 0 Å². The van der Waals surface area contributed by atoms with Crippen molar-refractivity contribution in [3.05, 3.63) is 30.1 Å². The Morgan fingerprint density at radius 1 is 1.41 bits per heavy atom. The van der Waals surface area contributed by atoms with Gasteiger partial charge in [0, 0.05) is 32.0 Å². The Kier molecular flexibility index (Phi) is 6.31. The zero-order chi connectivity index (χ0) is 16.8. The van der Waals surface area contributed by atoms with Gasteiger partial charge in [0.1, 0.15) is 5.60 Å². The number of carbonyl (C=O) groups excluding carboxylic acids is 1. The summed E-state index contributed by atoms with van der Waals surface area (Å²) in [6.07, 6.45) is 3.80. The third-order valence-electron chi connectivity index (χ3n) is 2.58. The van der Waals surface area contributed by atoms with Gasteiger partial charge >= 0.3 is 6.09 Å². The van der Waals surface area contributed by atoms with E-state index in [0.717, 1.165) is 11.8 Å². The van der Waals surface area contributed by atoms with E-state index in [1.807, 2.05) is 0 Å². The molecule has 0 spiro atoms. The maximum atomic E-state index is 11.8. The van der Waals surface area contributed by atoms with Gasteiger partial charge < -0.3 is 10.1 Å². The normalized spacial score (nSPS) is 12.2. The summed E-state index contributed by atoms with van der Waals surface area (Å²) in [6, 6.07) is 3.54. The van der Waals surface area contributed by atoms with Crippen LogP contribution in [0.5, 0.6) is 0 Å². The largest absolute Gasteiger partial charge is 0.444 e. The van der Waals surface area contributed by atoms with E-state index in [2.05, 4.69) is 10.3 Å². The van der Waals surface area contributed by atoms with Gasteiger partial charge in [0.2, 0.25) is 10.0 Å². The second-order valence-corrected chi connectivity index (χ2v) is 7.87. The zero-order valence-corrected chi connectivity index (χ0v) is 14.2. The van der Waals surface area contributed by atoms with Crippen molar-refractivity contribution < 1.29 is 17.9 Å². The van der Waals surface area contributed by atoms with Crippen molar-refractivity contribution >= 4 is 16.1 Å². The SMILES string of the molecule is CC(C)(C)OC(=O)NCCN(Cc1cccnc1)S(C)(=O)=O. The van der Waals surface area contributed by atoms with Crippen molar-refractivity contribution in [1.82, 2.24) is 14.6 Å². The van der Waals surface area contributed by atoms with Gasteiger partial charge in [0.25, 0.3) is 0 Å². The molecular weight excluding hydrogens is 306 g/mol. The van der Waals surface area contributed by atoms with Crippen LogP contribution in [-0.2, 0) is 21.3 Å². The minimum absolute atomic E-state index is 0.160. The quantitative estimate of drug-likeness (QED) is 0.851. The number of pyridine rings is 1. The summed E-state index contributed by atoms with van der Waals surface area (Å²) in [6.45, 7) is 5.82. The number of ether oxygens (including phenoxy) is 1. The molecule has 0 aromatic carbocycles. The van der Waals surface area contributed by atoms with Crippen LogP contribution in [0.4, 0.5) is 4.79 Å². The van der Waals surface area contributed by atoms with Gasteiger partial charge in [-0.25, -0.2) is 13.2 Å². The lowest BCUT2D eigenvalue weighted by Crippen LogP contribution is -2.39. The highest BCUT2D eigenvalue weighted by Crippen LogP contribution is 2.08. The maximum Gasteiger partial charge on any atom is 0.407 e. The van der Waals surface area contributed by atoms with Crippen LogP contribution in [0.2, 0.25) is 0 Å². The van der Waals surface area contributed by atoms with Gasteiger partial charge in [0.15, 0.2) is 0 Å². The van der Waals surface area contributed by atoms with E-state index in [1.54, 1.807) is 45.3 Å². The lowest BCUT2D eigenvalue weighted by molar-refractivity contribution is 0.0525. The molecule has 0 aliphatic rings. The minimum atomic E-state index is -3.38. The van der Waals surface area contributed by atoms with Gasteiger partial charge in [-0.1, -0.05) is 6.07 Å². The molecule has 1 N–H and O–H groups in total. The van der Waals surface area contributed by atoms with Crippen LogP contribution in [0.15, 0.2) is 24.5 Å². The van der Waals surface area contributed by atoms with Crippen molar-refractivity contribution in [2.75, 3.05) is 19.3 Å². The summed E-state index contributed by atoms with van der Waals surface area (Å²) in [5.74, 6) is 0. The molecule has 7 nitrogen and oxygen atoms in total. The van der Waals surface area contributed by atoms with E-state index in [4.69, 9.17) is 4.74 Å². The molecule has 0 aliphatic carbocycles. The Morgan fingerprint density at radius 2 is 2.09 bits per heavy atom. The standard InChI is InChI=1S/C14H23N3O4S/c1-14(2,3)21-13(18)16-8-9-17(22(4,19)20)11-12-6-5-7-15-10-12/h5-7,10H,8-9,11H2,1-4H3,(H,16,18). The lowest BCUT2D eigenvalue weighted by atomic mass is 10.2. The summed E-state index contributed by atoms with van der Waals surface area (Å²) in [7, 11) is -3.38. The second kappa shape index (κ2) is 7.55. The molecular formula is C14H23N3O4S. The van der Waals surface area contributed by atoms with Crippen LogP contribution in [-0.4, -0.2) is 48.7 Å². The van der Waals surface area contributed by atoms with Gasteiger partial charge in [0.05, 0.1) is 6.26 Å². The fourth-order valence-electron chi connectivity index (χ4n) is 1.65. The van der Waals surface area contributed by atoms with Crippen molar-refractivity contribution in [1.29, 1.82) is 0 Å². The van der Waals surface area contributed by atoms with E-state index < -0.39 is 21.7 Å². The number of sulfonamides is 1. The molecule has 0 aliphatic heterocycles. The smallest absolute Gasteiger partial charge is 0.407 e. The molecule has 1 aromatic rings. The number of alkyl carbamates (subject to hydrolysis) is 1. The predicted molar refractivity (Wildman–Crippen MR) is 83.7 cm³/mol. The molecule has 0 saturated heterocycles. The molecule has 0 atom stereocenters. The van der Waals surface area contributed by atoms with Crippen LogP contribution in [0.1, 0.15) is 26.3 Å². The van der Waals surface area contributed by atoms with E-state index >= 15 is 0 Å². The first-order chi connectivity index (χ1) is 10.1. The van der Waals surface area contributed by atoms with Crippen molar-refractivity contribution in [2.24, 2.45) is 0 Å². The van der Waals surface area contributed by atoms with E-state index in [0.29, 0.717) is 0 Å². The molecule has 0 unspecified atom stereocenters. The summed E-state index contributed by atoms with van der Waals surface area (Å²) < 4.78 is 30.0. The third-order valence-corrected chi connectivity index (χ3v) is 3.83. The maximum absolute atomic E-state index is 11.8. The molecule has 1 heterocycles. The molecule has 124 valence electrons. The van der Waals surface area contributed by atoms with E-state index in [-0.39, 0.29) is 19.6 Å². The van der Waals surface area contributed by atoms with Crippen LogP contribution in [0.3, 0.4) is 0 Å². The number of rotatable bonds is 6. The van der Waals surface area contributed by atoms with Gasteiger partial charge in [-0.15, -0.1) is 0 Å². The highest BCUT2D eigenvalue weighted by molar-refractivity contribution is 7.88. The number of aromatic nitrogens is 1. The zero-order valence-electron chi connectivity index (χ0n) is 13.4. The predicted octanol–water partition coefficient (Wildman–Crippen LogP) is 1.37. The minimum Gasteiger partial charge on any atom is -0.444 e. The summed E-state index contributed by atoms with van der Waals surface area (Å²) >= 11 is 0. The lowest BCUT2D eigenvalue weighted by Gasteiger charge is -2.22. The number of carbonyl (C=O) groups is 1. The molecule has 0 fully saturated rings. The highest BCUT2D eigenvalue weighted by atomic mass is 32.2. The molecule has 8 heteroatoms. The monoisotopic (exact) mass is 329 g/mol. The van der Waals surface area contributed by atoms with Gasteiger partial charge in [-0.05, 0) is 32.4 Å². The molecule has 0 bridgehead atoms. The van der Waals surface area contributed by atoms with E-state index in [1.165, 1.54) is 4.31 Å². The van der Waals surface area contributed by atoms with Gasteiger partial charge in [-0.2, -0.15) is 4.31 Å². The first kappa shape index (κ1) is 18.4. The average molecular weight is 329 g/mol. The van der Waals surface area contributed by atoms with Crippen molar-refractivity contribution in [3.63, 3.8) is 0 Å². The Labute approximate surface area is 131 Å². The third kappa shape index (κ3) is 7.37. The number of hydrogen-bond acceptors (Lipinski definition) is 5. The van der Waals surface area contributed by atoms with Crippen molar-refractivity contribution in [2.45, 2.75) is 32.9 Å². The first-order valence-electron chi connectivity index (χ1n) is 6.89. The topological polar surface area (TPSA) is 88.6 Å². The Hall–Kier alpha value is -1.67. The Morgan fingerprint density at radius 3 is 2.59 bits per heavy atom. The number of hydrogen-bond donors (Lipinski definition) is 1. The van der Waals surface area contributed by atoms with Crippen molar-refractivity contribution in [3.8, 4) is 0 Å². The Bertz CT molecular complexity index is 582. The molecule has 0 saturated carbocycles. The van der Waals surface area contributed by atoms with Crippen LogP contribution >= 0.6 is 0 Å². The summed E-state index contributed by atoms with van der Waals surface area (Å²) in [5, 5.41) is 2.54. The van der Waals surface area contributed by atoms with Crippen LogP contribution < -0.4 is 5.32 Å². The summed E-state index contributed by atoms with van der Waals surface area (Å²) in [5.41, 5.74) is 0.196. The molecule has 1 amide bonds. The molecule has 22 heavy (non-hydrogen) atoms. The number of nitrogens with zero attached hydrogens (tertiary/aromatic N) is 2. The van der Waals surface area contributed by atoms with Crippen LogP contribution in [0, 0.1) is 0 Å².